The van der Waals surface area contributed by atoms with Crippen LogP contribution in [-0.4, -0.2) is 60.2 Å². The van der Waals surface area contributed by atoms with E-state index in [2.05, 4.69) is 19.8 Å². The van der Waals surface area contributed by atoms with Gasteiger partial charge in [-0.2, -0.15) is 0 Å². The van der Waals surface area contributed by atoms with Crippen molar-refractivity contribution in [2.75, 3.05) is 44.2 Å². The van der Waals surface area contributed by atoms with Crippen LogP contribution < -0.4 is 4.90 Å². The molecule has 1 aromatic rings. The monoisotopic (exact) mass is 284 g/mol. The summed E-state index contributed by atoms with van der Waals surface area (Å²) in [6.07, 6.45) is 1.65. The number of carbonyl (C=O) groups is 1. The van der Waals surface area contributed by atoms with Gasteiger partial charge in [0.05, 0.1) is 13.2 Å². The van der Waals surface area contributed by atoms with Crippen molar-refractivity contribution in [3.63, 3.8) is 0 Å². The molecule has 7 heteroatoms. The second-order valence-electron chi connectivity index (χ2n) is 4.25. The third-order valence-corrected chi connectivity index (χ3v) is 3.15. The molecule has 0 spiro atoms. The number of hydrogen-bond acceptors (Lipinski definition) is 6. The summed E-state index contributed by atoms with van der Waals surface area (Å²) in [5, 5.41) is 0.256. The van der Waals surface area contributed by atoms with Crippen LogP contribution >= 0.6 is 11.6 Å². The maximum Gasteiger partial charge on any atom is 0.320 e. The van der Waals surface area contributed by atoms with Crippen LogP contribution in [0.5, 0.6) is 0 Å². The van der Waals surface area contributed by atoms with Gasteiger partial charge in [-0.3, -0.25) is 9.69 Å². The number of nitrogens with zero attached hydrogens (tertiary/aromatic N) is 4. The fourth-order valence-corrected chi connectivity index (χ4v) is 2.17. The Bertz CT molecular complexity index is 435. The smallest absolute Gasteiger partial charge is 0.320 e. The van der Waals surface area contributed by atoms with Crippen LogP contribution in [0.2, 0.25) is 5.28 Å². The first-order valence-corrected chi connectivity index (χ1v) is 6.68. The van der Waals surface area contributed by atoms with E-state index in [9.17, 15) is 4.79 Å². The first-order valence-electron chi connectivity index (χ1n) is 6.30. The molecule has 1 fully saturated rings. The Morgan fingerprint density at radius 3 is 2.79 bits per heavy atom. The molecule has 0 unspecified atom stereocenters. The number of esters is 1. The van der Waals surface area contributed by atoms with E-state index in [-0.39, 0.29) is 11.3 Å². The summed E-state index contributed by atoms with van der Waals surface area (Å²) in [7, 11) is 0. The molecule has 0 atom stereocenters. The molecule has 6 nitrogen and oxygen atoms in total. The van der Waals surface area contributed by atoms with Crippen molar-refractivity contribution in [2.24, 2.45) is 0 Å². The summed E-state index contributed by atoms with van der Waals surface area (Å²) >= 11 is 5.78. The molecule has 2 rings (SSSR count). The number of hydrogen-bond donors (Lipinski definition) is 0. The Balaban J connectivity index is 1.84. The molecular weight excluding hydrogens is 268 g/mol. The average Bonchev–Trinajstić information content (AvgIpc) is 2.40. The van der Waals surface area contributed by atoms with Gasteiger partial charge < -0.3 is 9.64 Å². The van der Waals surface area contributed by atoms with Crippen molar-refractivity contribution in [3.05, 3.63) is 17.5 Å². The zero-order valence-corrected chi connectivity index (χ0v) is 11.6. The molecule has 19 heavy (non-hydrogen) atoms. The highest BCUT2D eigenvalue weighted by Crippen LogP contribution is 2.14. The van der Waals surface area contributed by atoms with Gasteiger partial charge in [0.15, 0.2) is 0 Å². The fraction of sp³-hybridized carbons (Fsp3) is 0.583. The summed E-state index contributed by atoms with van der Waals surface area (Å²) in [6.45, 7) is 5.83. The summed E-state index contributed by atoms with van der Waals surface area (Å²) in [5.74, 6) is 0.664. The Kier molecular flexibility index (Phi) is 4.93. The van der Waals surface area contributed by atoms with Crippen LogP contribution in [0, 0.1) is 0 Å². The number of halogens is 1. The highest BCUT2D eigenvalue weighted by Gasteiger charge is 2.20. The predicted octanol–water partition coefficient (Wildman–Crippen LogP) is 0.815. The van der Waals surface area contributed by atoms with Gasteiger partial charge in [-0.1, -0.05) is 0 Å². The molecule has 0 aromatic carbocycles. The van der Waals surface area contributed by atoms with Gasteiger partial charge in [-0.15, -0.1) is 0 Å². The van der Waals surface area contributed by atoms with Crippen LogP contribution in [0.25, 0.3) is 0 Å². The SMILES string of the molecule is CCOC(=O)CN1CCN(c2ccnc(Cl)n2)CC1. The molecule has 0 bridgehead atoms. The van der Waals surface area contributed by atoms with E-state index in [1.807, 2.05) is 13.0 Å². The number of ether oxygens (including phenoxy) is 1. The second-order valence-corrected chi connectivity index (χ2v) is 4.59. The quantitative estimate of drug-likeness (QED) is 0.603. The Morgan fingerprint density at radius 1 is 1.42 bits per heavy atom. The molecule has 0 saturated carbocycles. The minimum absolute atomic E-state index is 0.166. The van der Waals surface area contributed by atoms with Crippen LogP contribution in [0.4, 0.5) is 5.82 Å². The fourth-order valence-electron chi connectivity index (χ4n) is 2.03. The van der Waals surface area contributed by atoms with Gasteiger partial charge in [-0.05, 0) is 24.6 Å². The van der Waals surface area contributed by atoms with E-state index in [1.165, 1.54) is 0 Å². The first kappa shape index (κ1) is 14.0. The van der Waals surface area contributed by atoms with Gasteiger partial charge in [0.25, 0.3) is 0 Å². The average molecular weight is 285 g/mol. The van der Waals surface area contributed by atoms with Crippen molar-refractivity contribution in [3.8, 4) is 0 Å². The van der Waals surface area contributed by atoms with Crippen LogP contribution in [0.3, 0.4) is 0 Å². The third-order valence-electron chi connectivity index (χ3n) is 2.97. The second kappa shape index (κ2) is 6.68. The van der Waals surface area contributed by atoms with Crippen molar-refractivity contribution in [1.29, 1.82) is 0 Å². The topological polar surface area (TPSA) is 58.6 Å². The molecule has 0 aliphatic carbocycles. The lowest BCUT2D eigenvalue weighted by Gasteiger charge is -2.34. The Labute approximate surface area is 117 Å². The molecule has 1 aliphatic heterocycles. The summed E-state index contributed by atoms with van der Waals surface area (Å²) in [6, 6.07) is 1.84. The molecular formula is C12H17ClN4O2. The van der Waals surface area contributed by atoms with E-state index in [1.54, 1.807) is 6.20 Å². The predicted molar refractivity (Wildman–Crippen MR) is 72.3 cm³/mol. The van der Waals surface area contributed by atoms with Gasteiger partial charge in [0, 0.05) is 32.4 Å². The van der Waals surface area contributed by atoms with Crippen molar-refractivity contribution in [2.45, 2.75) is 6.92 Å². The van der Waals surface area contributed by atoms with Gasteiger partial charge in [-0.25, -0.2) is 9.97 Å². The van der Waals surface area contributed by atoms with Crippen LogP contribution in [0.1, 0.15) is 6.92 Å². The van der Waals surface area contributed by atoms with Crippen molar-refractivity contribution >= 4 is 23.4 Å². The van der Waals surface area contributed by atoms with Crippen LogP contribution in [0.15, 0.2) is 12.3 Å². The molecule has 1 saturated heterocycles. The normalized spacial score (nSPS) is 16.4. The van der Waals surface area contributed by atoms with E-state index < -0.39 is 0 Å². The van der Waals surface area contributed by atoms with Gasteiger partial charge in [0.2, 0.25) is 5.28 Å². The highest BCUT2D eigenvalue weighted by atomic mass is 35.5. The lowest BCUT2D eigenvalue weighted by atomic mass is 10.3. The molecule has 2 heterocycles. The van der Waals surface area contributed by atoms with Gasteiger partial charge in [0.1, 0.15) is 5.82 Å². The third kappa shape index (κ3) is 4.04. The zero-order chi connectivity index (χ0) is 13.7. The van der Waals surface area contributed by atoms with Gasteiger partial charge >= 0.3 is 5.97 Å². The number of rotatable bonds is 4. The standard InChI is InChI=1S/C12H17ClN4O2/c1-2-19-11(18)9-16-5-7-17(8-6-16)10-3-4-14-12(13)15-10/h3-4H,2,5-9H2,1H3. The number of carbonyl (C=O) groups excluding carboxylic acids is 1. The molecule has 104 valence electrons. The molecule has 0 N–H and O–H groups in total. The number of aromatic nitrogens is 2. The molecule has 0 amide bonds. The van der Waals surface area contributed by atoms with Crippen molar-refractivity contribution in [1.82, 2.24) is 14.9 Å². The molecule has 1 aromatic heterocycles. The van der Waals surface area contributed by atoms with Crippen molar-refractivity contribution < 1.29 is 9.53 Å². The Morgan fingerprint density at radius 2 is 2.16 bits per heavy atom. The Hall–Kier alpha value is -1.40. The minimum Gasteiger partial charge on any atom is -0.465 e. The molecule has 0 radical (unpaired) electrons. The lowest BCUT2D eigenvalue weighted by Crippen LogP contribution is -2.48. The summed E-state index contributed by atoms with van der Waals surface area (Å²) < 4.78 is 4.94. The summed E-state index contributed by atoms with van der Waals surface area (Å²) in [5.41, 5.74) is 0. The van der Waals surface area contributed by atoms with E-state index in [4.69, 9.17) is 16.3 Å². The lowest BCUT2D eigenvalue weighted by molar-refractivity contribution is -0.144. The first-order chi connectivity index (χ1) is 9.19. The number of piperazine rings is 1. The van der Waals surface area contributed by atoms with E-state index >= 15 is 0 Å². The maximum absolute atomic E-state index is 11.4. The number of anilines is 1. The zero-order valence-electron chi connectivity index (χ0n) is 10.9. The maximum atomic E-state index is 11.4. The van der Waals surface area contributed by atoms with E-state index in [0.29, 0.717) is 13.2 Å². The summed E-state index contributed by atoms with van der Waals surface area (Å²) in [4.78, 5) is 23.7. The van der Waals surface area contributed by atoms with Crippen LogP contribution in [-0.2, 0) is 9.53 Å². The van der Waals surface area contributed by atoms with E-state index in [0.717, 1.165) is 32.0 Å². The minimum atomic E-state index is -0.166. The largest absolute Gasteiger partial charge is 0.465 e. The highest BCUT2D eigenvalue weighted by molar-refractivity contribution is 6.28. The molecule has 1 aliphatic rings.